The molecule has 0 fully saturated rings. The van der Waals surface area contributed by atoms with Crippen molar-refractivity contribution in [2.24, 2.45) is 0 Å². The van der Waals surface area contributed by atoms with Crippen LogP contribution >= 0.6 is 0 Å². The standard InChI is InChI=1S/C21H36O4S/c1-3-4-5-6-7-8-9-10-11-14-19(17-18(2)22)20-15-12-13-16-21(20)26(23,24)25/h12-13,15-16,18-19,22H,3-11,14,17H2,1-2H3,(H,23,24,25). The summed E-state index contributed by atoms with van der Waals surface area (Å²) in [6, 6.07) is 6.60. The molecule has 2 unspecified atom stereocenters. The largest absolute Gasteiger partial charge is 0.393 e. The van der Waals surface area contributed by atoms with Crippen molar-refractivity contribution in [2.45, 2.75) is 101 Å². The van der Waals surface area contributed by atoms with Gasteiger partial charge in [0.1, 0.15) is 0 Å². The molecule has 0 saturated carbocycles. The van der Waals surface area contributed by atoms with Crippen molar-refractivity contribution in [1.82, 2.24) is 0 Å². The fraction of sp³-hybridized carbons (Fsp3) is 0.714. The van der Waals surface area contributed by atoms with Crippen LogP contribution in [0.4, 0.5) is 0 Å². The first kappa shape index (κ1) is 23.1. The summed E-state index contributed by atoms with van der Waals surface area (Å²) in [6.45, 7) is 3.95. The Morgan fingerprint density at radius 1 is 0.923 bits per heavy atom. The molecule has 150 valence electrons. The van der Waals surface area contributed by atoms with Crippen LogP contribution in [0.25, 0.3) is 0 Å². The van der Waals surface area contributed by atoms with E-state index in [1.807, 2.05) is 0 Å². The summed E-state index contributed by atoms with van der Waals surface area (Å²) in [7, 11) is -4.25. The van der Waals surface area contributed by atoms with Gasteiger partial charge in [-0.1, -0.05) is 82.9 Å². The molecule has 1 rings (SSSR count). The van der Waals surface area contributed by atoms with Crippen LogP contribution in [0.2, 0.25) is 0 Å². The molecule has 0 amide bonds. The fourth-order valence-corrected chi connectivity index (χ4v) is 4.35. The summed E-state index contributed by atoms with van der Waals surface area (Å²) in [5.74, 6) is -0.0577. The van der Waals surface area contributed by atoms with Gasteiger partial charge >= 0.3 is 0 Å². The smallest absolute Gasteiger partial charge is 0.294 e. The van der Waals surface area contributed by atoms with Crippen LogP contribution in [0.15, 0.2) is 29.2 Å². The van der Waals surface area contributed by atoms with E-state index >= 15 is 0 Å². The molecule has 0 spiro atoms. The third-order valence-electron chi connectivity index (χ3n) is 4.92. The van der Waals surface area contributed by atoms with Crippen molar-refractivity contribution in [3.05, 3.63) is 29.8 Å². The molecule has 2 atom stereocenters. The van der Waals surface area contributed by atoms with Crippen molar-refractivity contribution < 1.29 is 18.1 Å². The molecule has 0 aromatic heterocycles. The van der Waals surface area contributed by atoms with Crippen molar-refractivity contribution in [2.75, 3.05) is 0 Å². The van der Waals surface area contributed by atoms with Gasteiger partial charge in [-0.3, -0.25) is 4.55 Å². The van der Waals surface area contributed by atoms with E-state index in [9.17, 15) is 18.1 Å². The first-order chi connectivity index (χ1) is 12.4. The van der Waals surface area contributed by atoms with Gasteiger partial charge in [0.15, 0.2) is 0 Å². The van der Waals surface area contributed by atoms with Gasteiger partial charge in [-0.15, -0.1) is 0 Å². The Morgan fingerprint density at radius 2 is 1.46 bits per heavy atom. The normalized spacial score (nSPS) is 14.3. The van der Waals surface area contributed by atoms with Gasteiger partial charge < -0.3 is 5.11 Å². The van der Waals surface area contributed by atoms with Crippen LogP contribution in [0.1, 0.15) is 96.0 Å². The summed E-state index contributed by atoms with van der Waals surface area (Å²) >= 11 is 0. The van der Waals surface area contributed by atoms with E-state index < -0.39 is 16.2 Å². The molecule has 0 radical (unpaired) electrons. The second kappa shape index (κ2) is 12.5. The second-order valence-electron chi connectivity index (χ2n) is 7.41. The highest BCUT2D eigenvalue weighted by Crippen LogP contribution is 2.32. The van der Waals surface area contributed by atoms with Gasteiger partial charge in [-0.2, -0.15) is 8.42 Å². The molecule has 1 aromatic rings. The van der Waals surface area contributed by atoms with Crippen molar-refractivity contribution in [3.8, 4) is 0 Å². The van der Waals surface area contributed by atoms with Crippen LogP contribution in [0.3, 0.4) is 0 Å². The summed E-state index contributed by atoms with van der Waals surface area (Å²) in [4.78, 5) is -0.0263. The minimum atomic E-state index is -4.25. The topological polar surface area (TPSA) is 74.6 Å². The van der Waals surface area contributed by atoms with E-state index in [1.54, 1.807) is 25.1 Å². The Hall–Kier alpha value is -0.910. The molecule has 0 aliphatic heterocycles. The molecular weight excluding hydrogens is 348 g/mol. The molecular formula is C21H36O4S. The zero-order valence-corrected chi connectivity index (χ0v) is 17.2. The highest BCUT2D eigenvalue weighted by atomic mass is 32.2. The maximum atomic E-state index is 11.7. The molecule has 0 heterocycles. The SMILES string of the molecule is CCCCCCCCCCCC(CC(C)O)c1ccccc1S(=O)(=O)O. The number of benzene rings is 1. The van der Waals surface area contributed by atoms with E-state index in [0.29, 0.717) is 12.0 Å². The lowest BCUT2D eigenvalue weighted by molar-refractivity contribution is 0.171. The predicted molar refractivity (Wildman–Crippen MR) is 107 cm³/mol. The van der Waals surface area contributed by atoms with Gasteiger partial charge in [0.05, 0.1) is 11.0 Å². The minimum Gasteiger partial charge on any atom is -0.393 e. The molecule has 2 N–H and O–H groups in total. The summed E-state index contributed by atoms with van der Waals surface area (Å²) in [5, 5.41) is 9.81. The van der Waals surface area contributed by atoms with Gasteiger partial charge in [0, 0.05) is 0 Å². The fourth-order valence-electron chi connectivity index (χ4n) is 3.57. The average Bonchev–Trinajstić information content (AvgIpc) is 2.58. The molecule has 4 nitrogen and oxygen atoms in total. The first-order valence-electron chi connectivity index (χ1n) is 10.1. The van der Waals surface area contributed by atoms with E-state index in [4.69, 9.17) is 0 Å². The lowest BCUT2D eigenvalue weighted by atomic mass is 9.88. The molecule has 5 heteroatoms. The summed E-state index contributed by atoms with van der Waals surface area (Å²) in [5.41, 5.74) is 0.621. The Labute approximate surface area is 159 Å². The zero-order valence-electron chi connectivity index (χ0n) is 16.4. The van der Waals surface area contributed by atoms with Crippen LogP contribution in [0.5, 0.6) is 0 Å². The van der Waals surface area contributed by atoms with Gasteiger partial charge in [-0.05, 0) is 37.3 Å². The van der Waals surface area contributed by atoms with Crippen molar-refractivity contribution >= 4 is 10.1 Å². The first-order valence-corrected chi connectivity index (χ1v) is 11.5. The van der Waals surface area contributed by atoms with E-state index in [1.165, 1.54) is 51.0 Å². The quantitative estimate of drug-likeness (QED) is 0.318. The lowest BCUT2D eigenvalue weighted by Gasteiger charge is -2.21. The molecule has 0 aliphatic carbocycles. The third kappa shape index (κ3) is 9.15. The predicted octanol–water partition coefficient (Wildman–Crippen LogP) is 5.71. The average molecular weight is 385 g/mol. The zero-order chi connectivity index (χ0) is 19.4. The molecule has 1 aromatic carbocycles. The lowest BCUT2D eigenvalue weighted by Crippen LogP contribution is -2.13. The molecule has 0 saturated heterocycles. The Bertz CT molecular complexity index is 596. The number of rotatable bonds is 14. The molecule has 26 heavy (non-hydrogen) atoms. The Morgan fingerprint density at radius 3 is 2.00 bits per heavy atom. The molecule has 0 bridgehead atoms. The number of aliphatic hydroxyl groups excluding tert-OH is 1. The van der Waals surface area contributed by atoms with Crippen LogP contribution < -0.4 is 0 Å². The van der Waals surface area contributed by atoms with E-state index in [0.717, 1.165) is 19.3 Å². The van der Waals surface area contributed by atoms with Crippen molar-refractivity contribution in [3.63, 3.8) is 0 Å². The maximum Gasteiger partial charge on any atom is 0.294 e. The third-order valence-corrected chi connectivity index (χ3v) is 5.85. The van der Waals surface area contributed by atoms with Crippen LogP contribution in [-0.4, -0.2) is 24.2 Å². The minimum absolute atomic E-state index is 0.0263. The number of aliphatic hydroxyl groups is 1. The van der Waals surface area contributed by atoms with Gasteiger partial charge in [-0.25, -0.2) is 0 Å². The molecule has 0 aliphatic rings. The maximum absolute atomic E-state index is 11.7. The van der Waals surface area contributed by atoms with E-state index in [-0.39, 0.29) is 10.8 Å². The highest BCUT2D eigenvalue weighted by Gasteiger charge is 2.22. The van der Waals surface area contributed by atoms with Crippen molar-refractivity contribution in [1.29, 1.82) is 0 Å². The summed E-state index contributed by atoms with van der Waals surface area (Å²) < 4.78 is 32.8. The summed E-state index contributed by atoms with van der Waals surface area (Å²) in [6.07, 6.45) is 12.0. The van der Waals surface area contributed by atoms with Crippen LogP contribution in [-0.2, 0) is 10.1 Å². The van der Waals surface area contributed by atoms with E-state index in [2.05, 4.69) is 6.92 Å². The Kier molecular flexibility index (Phi) is 11.1. The van der Waals surface area contributed by atoms with Gasteiger partial charge in [0.25, 0.3) is 10.1 Å². The number of unbranched alkanes of at least 4 members (excludes halogenated alkanes) is 8. The number of hydrogen-bond donors (Lipinski definition) is 2. The monoisotopic (exact) mass is 384 g/mol. The number of hydrogen-bond acceptors (Lipinski definition) is 3. The van der Waals surface area contributed by atoms with Crippen LogP contribution in [0, 0.1) is 0 Å². The van der Waals surface area contributed by atoms with Gasteiger partial charge in [0.2, 0.25) is 0 Å². The second-order valence-corrected chi connectivity index (χ2v) is 8.80. The Balaban J connectivity index is 2.54. The highest BCUT2D eigenvalue weighted by molar-refractivity contribution is 7.85.